The van der Waals surface area contributed by atoms with Gasteiger partial charge in [-0.15, -0.1) is 0 Å². The largest absolute Gasteiger partial charge is 0.497 e. The molecule has 138 valence electrons. The predicted molar refractivity (Wildman–Crippen MR) is 105 cm³/mol. The topological polar surface area (TPSA) is 68.8 Å². The quantitative estimate of drug-likeness (QED) is 0.570. The molecule has 6 nitrogen and oxygen atoms in total. The van der Waals surface area contributed by atoms with E-state index >= 15 is 0 Å². The van der Waals surface area contributed by atoms with E-state index in [0.717, 1.165) is 11.5 Å². The van der Waals surface area contributed by atoms with Crippen molar-refractivity contribution in [1.82, 2.24) is 5.32 Å². The Morgan fingerprint density at radius 3 is 2.46 bits per heavy atom. The van der Waals surface area contributed by atoms with E-state index in [1.165, 1.54) is 7.11 Å². The van der Waals surface area contributed by atoms with Crippen LogP contribution in [0.25, 0.3) is 0 Å². The Morgan fingerprint density at radius 2 is 1.81 bits per heavy atom. The van der Waals surface area contributed by atoms with E-state index in [-0.39, 0.29) is 6.04 Å². The summed E-state index contributed by atoms with van der Waals surface area (Å²) in [5, 5.41) is 6.63. The van der Waals surface area contributed by atoms with Crippen molar-refractivity contribution in [2.24, 2.45) is 0 Å². The van der Waals surface area contributed by atoms with Crippen LogP contribution >= 0.6 is 12.2 Å². The third-order valence-electron chi connectivity index (χ3n) is 3.48. The van der Waals surface area contributed by atoms with E-state index in [4.69, 9.17) is 26.4 Å². The number of esters is 1. The lowest BCUT2D eigenvalue weighted by Crippen LogP contribution is -2.39. The van der Waals surface area contributed by atoms with Crippen molar-refractivity contribution in [2.45, 2.75) is 13.0 Å². The van der Waals surface area contributed by atoms with Crippen LogP contribution in [0.2, 0.25) is 0 Å². The fourth-order valence-corrected chi connectivity index (χ4v) is 2.49. The number of rotatable bonds is 7. The number of ether oxygens (including phenoxy) is 3. The van der Waals surface area contributed by atoms with E-state index in [2.05, 4.69) is 10.6 Å². The van der Waals surface area contributed by atoms with E-state index in [0.29, 0.717) is 23.0 Å². The van der Waals surface area contributed by atoms with Crippen LogP contribution in [0.4, 0.5) is 5.69 Å². The molecule has 0 saturated heterocycles. The molecule has 0 fully saturated rings. The Hall–Kier alpha value is -2.80. The first-order chi connectivity index (χ1) is 12.5. The average molecular weight is 374 g/mol. The molecule has 0 spiro atoms. The fraction of sp³-hybridized carbons (Fsp3) is 0.263. The molecule has 0 radical (unpaired) electrons. The van der Waals surface area contributed by atoms with Crippen molar-refractivity contribution in [3.63, 3.8) is 0 Å². The monoisotopic (exact) mass is 374 g/mol. The molecule has 0 aliphatic rings. The normalized spacial score (nSPS) is 11.2. The number of carbonyl (C=O) groups is 1. The third-order valence-corrected chi connectivity index (χ3v) is 3.70. The lowest BCUT2D eigenvalue weighted by Gasteiger charge is -2.18. The van der Waals surface area contributed by atoms with E-state index < -0.39 is 5.97 Å². The molecule has 2 aromatic carbocycles. The molecule has 0 unspecified atom stereocenters. The van der Waals surface area contributed by atoms with Gasteiger partial charge in [-0.3, -0.25) is 0 Å². The zero-order valence-corrected chi connectivity index (χ0v) is 15.8. The van der Waals surface area contributed by atoms with Crippen LogP contribution in [0, 0.1) is 0 Å². The van der Waals surface area contributed by atoms with Gasteiger partial charge in [-0.2, -0.15) is 0 Å². The fourth-order valence-electron chi connectivity index (χ4n) is 2.17. The van der Waals surface area contributed by atoms with Crippen molar-refractivity contribution in [3.05, 3.63) is 54.1 Å². The zero-order chi connectivity index (χ0) is 18.9. The van der Waals surface area contributed by atoms with Crippen LogP contribution in [0.5, 0.6) is 11.5 Å². The summed E-state index contributed by atoms with van der Waals surface area (Å²) in [6.07, 6.45) is 0. The van der Waals surface area contributed by atoms with Crippen molar-refractivity contribution < 1.29 is 19.0 Å². The number of benzene rings is 2. The van der Waals surface area contributed by atoms with Gasteiger partial charge in [-0.1, -0.05) is 6.07 Å². The smallest absolute Gasteiger partial charge is 0.337 e. The molecule has 0 amide bonds. The Balaban J connectivity index is 1.82. The minimum atomic E-state index is -0.395. The lowest BCUT2D eigenvalue weighted by molar-refractivity contribution is 0.0601. The summed E-state index contributed by atoms with van der Waals surface area (Å²) in [6.45, 7) is 2.40. The first kappa shape index (κ1) is 19.5. The standard InChI is InChI=1S/C19H22N2O4S/c1-13(12-25-17-9-7-16(23-2)8-10-17)20-19(26)21-15-6-4-5-14(11-15)18(22)24-3/h4-11,13H,12H2,1-3H3,(H2,20,21,26)/t13-/m0/s1. The SMILES string of the molecule is COC(=O)c1cccc(NC(=S)N[C@@H](C)COc2ccc(OC)cc2)c1. The van der Waals surface area contributed by atoms with Crippen LogP contribution in [0.1, 0.15) is 17.3 Å². The summed E-state index contributed by atoms with van der Waals surface area (Å²) in [7, 11) is 2.97. The van der Waals surface area contributed by atoms with Crippen LogP contribution < -0.4 is 20.1 Å². The maximum atomic E-state index is 11.6. The van der Waals surface area contributed by atoms with Crippen molar-refractivity contribution >= 4 is 29.0 Å². The number of methoxy groups -OCH3 is 2. The molecule has 2 rings (SSSR count). The minimum Gasteiger partial charge on any atom is -0.497 e. The molecule has 0 aromatic heterocycles. The second-order valence-electron chi connectivity index (χ2n) is 5.56. The van der Waals surface area contributed by atoms with Crippen molar-refractivity contribution in [1.29, 1.82) is 0 Å². The van der Waals surface area contributed by atoms with Crippen molar-refractivity contribution in [2.75, 3.05) is 26.1 Å². The number of thiocarbonyl (C=S) groups is 1. The van der Waals surface area contributed by atoms with Crippen LogP contribution in [-0.4, -0.2) is 38.0 Å². The highest BCUT2D eigenvalue weighted by molar-refractivity contribution is 7.80. The molecular formula is C19H22N2O4S. The van der Waals surface area contributed by atoms with E-state index in [1.54, 1.807) is 25.3 Å². The first-order valence-electron chi connectivity index (χ1n) is 8.04. The second kappa shape index (κ2) is 9.62. The van der Waals surface area contributed by atoms with Crippen LogP contribution in [0.15, 0.2) is 48.5 Å². The molecule has 2 N–H and O–H groups in total. The van der Waals surface area contributed by atoms with Gasteiger partial charge >= 0.3 is 5.97 Å². The van der Waals surface area contributed by atoms with E-state index in [1.807, 2.05) is 37.3 Å². The summed E-state index contributed by atoms with van der Waals surface area (Å²) in [4.78, 5) is 11.6. The molecule has 0 aliphatic carbocycles. The number of hydrogen-bond acceptors (Lipinski definition) is 5. The summed E-state index contributed by atoms with van der Waals surface area (Å²) in [6, 6.07) is 14.3. The number of anilines is 1. The number of hydrogen-bond donors (Lipinski definition) is 2. The molecule has 1 atom stereocenters. The van der Waals surface area contributed by atoms with Gasteiger partial charge in [0, 0.05) is 5.69 Å². The average Bonchev–Trinajstić information content (AvgIpc) is 2.66. The lowest BCUT2D eigenvalue weighted by atomic mass is 10.2. The van der Waals surface area contributed by atoms with Gasteiger partial charge in [0.2, 0.25) is 0 Å². The minimum absolute atomic E-state index is 0.0131. The van der Waals surface area contributed by atoms with Gasteiger partial charge in [0.15, 0.2) is 5.11 Å². The Labute approximate surface area is 158 Å². The highest BCUT2D eigenvalue weighted by Crippen LogP contribution is 2.17. The van der Waals surface area contributed by atoms with Gasteiger partial charge in [-0.05, 0) is 61.6 Å². The van der Waals surface area contributed by atoms with Gasteiger partial charge in [0.25, 0.3) is 0 Å². The van der Waals surface area contributed by atoms with Crippen molar-refractivity contribution in [3.8, 4) is 11.5 Å². The summed E-state index contributed by atoms with van der Waals surface area (Å²) < 4.78 is 15.5. The van der Waals surface area contributed by atoms with Gasteiger partial charge in [-0.25, -0.2) is 4.79 Å². The molecule has 0 bridgehead atoms. The maximum Gasteiger partial charge on any atom is 0.337 e. The maximum absolute atomic E-state index is 11.6. The predicted octanol–water partition coefficient (Wildman–Crippen LogP) is 3.24. The number of carbonyl (C=O) groups excluding carboxylic acids is 1. The molecule has 0 heterocycles. The highest BCUT2D eigenvalue weighted by Gasteiger charge is 2.08. The molecule has 0 saturated carbocycles. The van der Waals surface area contributed by atoms with Crippen LogP contribution in [0.3, 0.4) is 0 Å². The molecule has 0 aliphatic heterocycles. The molecule has 26 heavy (non-hydrogen) atoms. The number of nitrogens with one attached hydrogen (secondary N) is 2. The molecule has 2 aromatic rings. The van der Waals surface area contributed by atoms with Gasteiger partial charge < -0.3 is 24.8 Å². The van der Waals surface area contributed by atoms with Gasteiger partial charge in [0.1, 0.15) is 18.1 Å². The second-order valence-corrected chi connectivity index (χ2v) is 5.97. The Bertz CT molecular complexity index is 749. The van der Waals surface area contributed by atoms with E-state index in [9.17, 15) is 4.79 Å². The summed E-state index contributed by atoms with van der Waals surface area (Å²) in [5.74, 6) is 1.14. The van der Waals surface area contributed by atoms with Gasteiger partial charge in [0.05, 0.1) is 25.8 Å². The first-order valence-corrected chi connectivity index (χ1v) is 8.45. The third kappa shape index (κ3) is 5.93. The summed E-state index contributed by atoms with van der Waals surface area (Å²) in [5.41, 5.74) is 1.16. The molecular weight excluding hydrogens is 352 g/mol. The Kier molecular flexibility index (Phi) is 7.23. The highest BCUT2D eigenvalue weighted by atomic mass is 32.1. The van der Waals surface area contributed by atoms with Crippen LogP contribution in [-0.2, 0) is 4.74 Å². The zero-order valence-electron chi connectivity index (χ0n) is 14.9. The molecule has 7 heteroatoms. The Morgan fingerprint density at radius 1 is 1.12 bits per heavy atom. The summed E-state index contributed by atoms with van der Waals surface area (Å²) >= 11 is 5.30.